The summed E-state index contributed by atoms with van der Waals surface area (Å²) in [4.78, 5) is 17.6. The first-order valence-corrected chi connectivity index (χ1v) is 5.78. The lowest BCUT2D eigenvalue weighted by Crippen LogP contribution is -2.25. The molecule has 2 unspecified atom stereocenters. The van der Waals surface area contributed by atoms with Crippen LogP contribution in [0.25, 0.3) is 0 Å². The number of hydrogen-bond donors (Lipinski definition) is 3. The van der Waals surface area contributed by atoms with E-state index >= 15 is 0 Å². The maximum absolute atomic E-state index is 11.1. The molecule has 0 amide bonds. The van der Waals surface area contributed by atoms with Crippen LogP contribution in [0.15, 0.2) is 17.2 Å². The number of rotatable bonds is 4. The Morgan fingerprint density at radius 3 is 3.06 bits per heavy atom. The highest BCUT2D eigenvalue weighted by molar-refractivity contribution is 5.31. The fraction of sp³-hybridized carbons (Fsp3) is 0.636. The average molecular weight is 222 g/mol. The van der Waals surface area contributed by atoms with Crippen LogP contribution in [0.2, 0.25) is 0 Å². The number of aromatic nitrogens is 2. The largest absolute Gasteiger partial charge is 0.370 e. The van der Waals surface area contributed by atoms with E-state index in [-0.39, 0.29) is 5.56 Å². The lowest BCUT2D eigenvalue weighted by atomic mass is 9.96. The molecule has 0 aliphatic heterocycles. The van der Waals surface area contributed by atoms with Gasteiger partial charge in [0, 0.05) is 12.6 Å². The van der Waals surface area contributed by atoms with E-state index in [4.69, 9.17) is 5.73 Å². The molecule has 88 valence electrons. The smallest absolute Gasteiger partial charge is 0.252 e. The lowest BCUT2D eigenvalue weighted by Gasteiger charge is -2.18. The second kappa shape index (κ2) is 5.12. The van der Waals surface area contributed by atoms with E-state index in [0.29, 0.717) is 17.7 Å². The molecule has 0 radical (unpaired) electrons. The highest BCUT2D eigenvalue weighted by Crippen LogP contribution is 2.30. The third kappa shape index (κ3) is 2.61. The van der Waals surface area contributed by atoms with Crippen LogP contribution >= 0.6 is 0 Å². The quantitative estimate of drug-likeness (QED) is 0.695. The Morgan fingerprint density at radius 1 is 1.50 bits per heavy atom. The lowest BCUT2D eigenvalue weighted by molar-refractivity contribution is 0.414. The summed E-state index contributed by atoms with van der Waals surface area (Å²) in [7, 11) is 0. The third-order valence-electron chi connectivity index (χ3n) is 3.34. The van der Waals surface area contributed by atoms with Gasteiger partial charge in [0.15, 0.2) is 0 Å². The highest BCUT2D eigenvalue weighted by Gasteiger charge is 2.25. The zero-order valence-corrected chi connectivity index (χ0v) is 9.28. The first-order chi connectivity index (χ1) is 7.79. The van der Waals surface area contributed by atoms with Crippen LogP contribution in [0.5, 0.6) is 0 Å². The molecule has 1 heterocycles. The molecular formula is C11H18N4O. The first-order valence-electron chi connectivity index (χ1n) is 5.78. The van der Waals surface area contributed by atoms with Crippen molar-refractivity contribution in [2.75, 3.05) is 18.4 Å². The second-order valence-electron chi connectivity index (χ2n) is 4.36. The summed E-state index contributed by atoms with van der Waals surface area (Å²) in [5, 5.41) is 3.21. The number of aromatic amines is 1. The predicted molar refractivity (Wildman–Crippen MR) is 63.2 cm³/mol. The van der Waals surface area contributed by atoms with E-state index in [1.54, 1.807) is 0 Å². The minimum atomic E-state index is -0.126. The van der Waals surface area contributed by atoms with Crippen molar-refractivity contribution >= 4 is 5.82 Å². The maximum Gasteiger partial charge on any atom is 0.252 e. The molecular weight excluding hydrogens is 204 g/mol. The molecule has 5 nitrogen and oxygen atoms in total. The molecule has 1 aromatic rings. The van der Waals surface area contributed by atoms with Gasteiger partial charge >= 0.3 is 0 Å². The van der Waals surface area contributed by atoms with E-state index in [1.165, 1.54) is 31.7 Å². The van der Waals surface area contributed by atoms with Crippen LogP contribution in [0.4, 0.5) is 5.82 Å². The minimum absolute atomic E-state index is 0.126. The van der Waals surface area contributed by atoms with E-state index in [9.17, 15) is 4.79 Å². The Hall–Kier alpha value is -1.36. The van der Waals surface area contributed by atoms with E-state index in [1.807, 2.05) is 0 Å². The van der Waals surface area contributed by atoms with E-state index < -0.39 is 0 Å². The summed E-state index contributed by atoms with van der Waals surface area (Å²) in [6.07, 6.45) is 5.13. The van der Waals surface area contributed by atoms with Crippen LogP contribution < -0.4 is 16.6 Å². The highest BCUT2D eigenvalue weighted by atomic mass is 16.1. The zero-order valence-electron chi connectivity index (χ0n) is 9.28. The Morgan fingerprint density at radius 2 is 2.31 bits per heavy atom. The molecule has 0 spiro atoms. The fourth-order valence-electron chi connectivity index (χ4n) is 2.39. The number of nitrogens with two attached hydrogens (primary N) is 1. The molecule has 2 rings (SSSR count). The number of nitrogens with one attached hydrogen (secondary N) is 2. The summed E-state index contributed by atoms with van der Waals surface area (Å²) < 4.78 is 0. The molecule has 5 heteroatoms. The van der Waals surface area contributed by atoms with Crippen LogP contribution in [0, 0.1) is 11.8 Å². The number of nitrogens with zero attached hydrogens (tertiary/aromatic N) is 1. The molecule has 1 aliphatic carbocycles. The number of hydrogen-bond acceptors (Lipinski definition) is 4. The molecule has 1 aliphatic rings. The molecule has 1 aromatic heterocycles. The van der Waals surface area contributed by atoms with Gasteiger partial charge in [-0.05, 0) is 31.2 Å². The summed E-state index contributed by atoms with van der Waals surface area (Å²) in [6.45, 7) is 1.62. The van der Waals surface area contributed by atoms with Crippen molar-refractivity contribution < 1.29 is 0 Å². The van der Waals surface area contributed by atoms with Gasteiger partial charge < -0.3 is 16.0 Å². The van der Waals surface area contributed by atoms with Crippen molar-refractivity contribution in [2.24, 2.45) is 17.6 Å². The molecule has 0 aromatic carbocycles. The summed E-state index contributed by atoms with van der Waals surface area (Å²) in [6, 6.07) is 1.48. The van der Waals surface area contributed by atoms with Gasteiger partial charge in [-0.25, -0.2) is 4.98 Å². The van der Waals surface area contributed by atoms with Crippen LogP contribution in [0.3, 0.4) is 0 Å². The Labute approximate surface area is 94.5 Å². The molecule has 4 N–H and O–H groups in total. The molecule has 1 fully saturated rings. The molecule has 0 saturated heterocycles. The van der Waals surface area contributed by atoms with Crippen molar-refractivity contribution in [3.8, 4) is 0 Å². The van der Waals surface area contributed by atoms with Gasteiger partial charge in [0.2, 0.25) is 0 Å². The van der Waals surface area contributed by atoms with Gasteiger partial charge in [-0.15, -0.1) is 0 Å². The Kier molecular flexibility index (Phi) is 3.56. The van der Waals surface area contributed by atoms with Gasteiger partial charge in [0.25, 0.3) is 5.56 Å². The van der Waals surface area contributed by atoms with E-state index in [2.05, 4.69) is 15.3 Å². The van der Waals surface area contributed by atoms with Crippen LogP contribution in [-0.4, -0.2) is 23.1 Å². The van der Waals surface area contributed by atoms with E-state index in [0.717, 1.165) is 13.1 Å². The van der Waals surface area contributed by atoms with Crippen molar-refractivity contribution in [1.29, 1.82) is 0 Å². The predicted octanol–water partition coefficient (Wildman–Crippen LogP) is 0.557. The fourth-order valence-corrected chi connectivity index (χ4v) is 2.39. The van der Waals surface area contributed by atoms with Crippen molar-refractivity contribution in [1.82, 2.24) is 9.97 Å². The van der Waals surface area contributed by atoms with Gasteiger partial charge in [0.05, 0.1) is 6.33 Å². The summed E-state index contributed by atoms with van der Waals surface area (Å²) in [5.41, 5.74) is 5.59. The van der Waals surface area contributed by atoms with Crippen LogP contribution in [-0.2, 0) is 0 Å². The molecule has 16 heavy (non-hydrogen) atoms. The normalized spacial score (nSPS) is 24.6. The molecule has 2 atom stereocenters. The summed E-state index contributed by atoms with van der Waals surface area (Å²) in [5.74, 6) is 1.88. The van der Waals surface area contributed by atoms with Crippen molar-refractivity contribution in [3.63, 3.8) is 0 Å². The standard InChI is InChI=1S/C11H18N4O/c12-5-8-2-1-3-9(8)6-13-10-4-11(16)15-7-14-10/h4,7-9H,1-3,5-6,12H2,(H2,13,14,15,16). The van der Waals surface area contributed by atoms with Gasteiger partial charge in [-0.2, -0.15) is 0 Å². The van der Waals surface area contributed by atoms with Crippen molar-refractivity contribution in [2.45, 2.75) is 19.3 Å². The van der Waals surface area contributed by atoms with Gasteiger partial charge in [-0.1, -0.05) is 6.42 Å². The monoisotopic (exact) mass is 222 g/mol. The third-order valence-corrected chi connectivity index (χ3v) is 3.34. The number of anilines is 1. The molecule has 0 bridgehead atoms. The Balaban J connectivity index is 1.89. The Bertz CT molecular complexity index is 390. The topological polar surface area (TPSA) is 83.8 Å². The zero-order chi connectivity index (χ0) is 11.4. The SMILES string of the molecule is NCC1CCCC1CNc1cc(=O)[nH]cn1. The van der Waals surface area contributed by atoms with Gasteiger partial charge in [-0.3, -0.25) is 4.79 Å². The minimum Gasteiger partial charge on any atom is -0.370 e. The van der Waals surface area contributed by atoms with Crippen molar-refractivity contribution in [3.05, 3.63) is 22.7 Å². The molecule has 1 saturated carbocycles. The number of H-pyrrole nitrogens is 1. The maximum atomic E-state index is 11.1. The second-order valence-corrected chi connectivity index (χ2v) is 4.36. The first kappa shape index (κ1) is 11.1. The summed E-state index contributed by atoms with van der Waals surface area (Å²) >= 11 is 0. The average Bonchev–Trinajstić information content (AvgIpc) is 2.74. The van der Waals surface area contributed by atoms with Gasteiger partial charge in [0.1, 0.15) is 5.82 Å². The van der Waals surface area contributed by atoms with Crippen LogP contribution in [0.1, 0.15) is 19.3 Å².